The molecule has 156 valence electrons. The van der Waals surface area contributed by atoms with Crippen molar-refractivity contribution in [2.75, 3.05) is 19.7 Å². The van der Waals surface area contributed by atoms with Crippen molar-refractivity contribution >= 4 is 12.2 Å². The second-order valence-corrected chi connectivity index (χ2v) is 8.49. The molecule has 1 aliphatic rings. The number of amides is 2. The van der Waals surface area contributed by atoms with Gasteiger partial charge in [0.15, 0.2) is 0 Å². The maximum atomic E-state index is 12.4. The lowest BCUT2D eigenvalue weighted by Gasteiger charge is -2.43. The van der Waals surface area contributed by atoms with Crippen LogP contribution in [-0.2, 0) is 21.1 Å². The monoisotopic (exact) mass is 394 g/mol. The average Bonchev–Trinajstić information content (AvgIpc) is 2.61. The van der Waals surface area contributed by atoms with E-state index in [9.17, 15) is 14.7 Å². The molecule has 0 bridgehead atoms. The number of piperidine rings is 1. The number of hydrogen-bond acceptors (Lipinski definition) is 6. The van der Waals surface area contributed by atoms with Crippen LogP contribution < -0.4 is 5.32 Å². The fourth-order valence-corrected chi connectivity index (χ4v) is 3.11. The Morgan fingerprint density at radius 1 is 1.29 bits per heavy atom. The third kappa shape index (κ3) is 7.01. The Kier molecular flexibility index (Phi) is 7.26. The highest BCUT2D eigenvalue weighted by Gasteiger charge is 2.40. The van der Waals surface area contributed by atoms with Crippen molar-refractivity contribution in [3.63, 3.8) is 0 Å². The van der Waals surface area contributed by atoms with Crippen LogP contribution in [-0.4, -0.2) is 53.5 Å². The molecule has 1 aromatic carbocycles. The number of nitrogens with one attached hydrogen (secondary N) is 1. The fraction of sp³-hybridized carbons (Fsp3) is 0.600. The second kappa shape index (κ2) is 9.25. The minimum atomic E-state index is -0.743. The molecule has 2 amide bonds. The number of ether oxygens (including phenoxy) is 1. The van der Waals surface area contributed by atoms with Gasteiger partial charge in [0.25, 0.3) is 0 Å². The summed E-state index contributed by atoms with van der Waals surface area (Å²) in [6, 6.07) is 8.92. The molecule has 2 atom stereocenters. The Bertz CT molecular complexity index is 660. The van der Waals surface area contributed by atoms with Gasteiger partial charge in [0.05, 0.1) is 12.6 Å². The summed E-state index contributed by atoms with van der Waals surface area (Å²) in [5.74, 6) is 0. The van der Waals surface area contributed by atoms with Crippen molar-refractivity contribution in [3.8, 4) is 0 Å². The molecule has 0 spiro atoms. The number of carbonyl (C=O) groups is 2. The molecule has 28 heavy (non-hydrogen) atoms. The van der Waals surface area contributed by atoms with E-state index in [1.54, 1.807) is 20.8 Å². The van der Waals surface area contributed by atoms with E-state index >= 15 is 0 Å². The van der Waals surface area contributed by atoms with Crippen molar-refractivity contribution in [3.05, 3.63) is 35.9 Å². The minimum Gasteiger partial charge on any atom is -0.444 e. The number of aliphatic hydroxyl groups excluding tert-OH is 1. The van der Waals surface area contributed by atoms with Gasteiger partial charge in [-0.25, -0.2) is 9.59 Å². The molecule has 1 heterocycles. The Morgan fingerprint density at radius 2 is 1.96 bits per heavy atom. The van der Waals surface area contributed by atoms with Gasteiger partial charge in [0.1, 0.15) is 12.2 Å². The maximum absolute atomic E-state index is 12.4. The maximum Gasteiger partial charge on any atom is 0.438 e. The van der Waals surface area contributed by atoms with Gasteiger partial charge < -0.3 is 20.1 Å². The predicted octanol–water partition coefficient (Wildman–Crippen LogP) is 2.85. The van der Waals surface area contributed by atoms with Gasteiger partial charge in [-0.2, -0.15) is 4.89 Å². The van der Waals surface area contributed by atoms with E-state index in [0.717, 1.165) is 5.56 Å². The normalized spacial score (nSPS) is 22.5. The number of rotatable bonds is 5. The van der Waals surface area contributed by atoms with Crippen LogP contribution in [0.4, 0.5) is 9.59 Å². The number of aliphatic hydroxyl groups is 1. The predicted molar refractivity (Wildman–Crippen MR) is 102 cm³/mol. The quantitative estimate of drug-likeness (QED) is 0.589. The number of nitrogens with zero attached hydrogens (tertiary/aromatic N) is 1. The Hall–Kier alpha value is -2.32. The Balaban J connectivity index is 1.89. The molecule has 2 N–H and O–H groups in total. The first-order chi connectivity index (χ1) is 13.1. The molecule has 2 unspecified atom stereocenters. The Labute approximate surface area is 165 Å². The van der Waals surface area contributed by atoms with Crippen LogP contribution in [0.1, 0.15) is 39.7 Å². The highest BCUT2D eigenvalue weighted by atomic mass is 17.2. The van der Waals surface area contributed by atoms with Crippen LogP contribution in [0.25, 0.3) is 0 Å². The molecule has 1 aliphatic heterocycles. The summed E-state index contributed by atoms with van der Waals surface area (Å²) in [6.07, 6.45) is -0.726. The summed E-state index contributed by atoms with van der Waals surface area (Å²) in [6.45, 7) is 7.84. The van der Waals surface area contributed by atoms with Crippen LogP contribution in [0.3, 0.4) is 0 Å². The molecule has 0 saturated carbocycles. The second-order valence-electron chi connectivity index (χ2n) is 8.49. The molecule has 1 fully saturated rings. The summed E-state index contributed by atoms with van der Waals surface area (Å²) in [5.41, 5.74) is -0.313. The highest BCUT2D eigenvalue weighted by molar-refractivity contribution is 5.69. The van der Waals surface area contributed by atoms with Gasteiger partial charge >= 0.3 is 12.2 Å². The molecule has 8 heteroatoms. The first-order valence-electron chi connectivity index (χ1n) is 9.33. The van der Waals surface area contributed by atoms with Crippen LogP contribution in [0, 0.1) is 5.41 Å². The number of hydrogen-bond donors (Lipinski definition) is 2. The summed E-state index contributed by atoms with van der Waals surface area (Å²) >= 11 is 0. The van der Waals surface area contributed by atoms with E-state index in [4.69, 9.17) is 14.5 Å². The lowest BCUT2D eigenvalue weighted by atomic mass is 9.80. The standard InChI is InChI=1S/C20H30N2O6/c1-19(2,3)27-18(25)22-11-16(10-20(4,13-22)14-23)21-17(24)28-26-12-15-8-6-5-7-9-15/h5-9,16,23H,10-14H2,1-4H3,(H,21,24). The van der Waals surface area contributed by atoms with Crippen molar-refractivity contribution in [1.82, 2.24) is 10.2 Å². The summed E-state index contributed by atoms with van der Waals surface area (Å²) in [7, 11) is 0. The van der Waals surface area contributed by atoms with Crippen molar-refractivity contribution in [2.24, 2.45) is 5.41 Å². The molecule has 0 aliphatic carbocycles. The summed E-state index contributed by atoms with van der Waals surface area (Å²) < 4.78 is 5.42. The first kappa shape index (κ1) is 22.0. The van der Waals surface area contributed by atoms with Gasteiger partial charge in [-0.3, -0.25) is 4.89 Å². The smallest absolute Gasteiger partial charge is 0.438 e. The van der Waals surface area contributed by atoms with Crippen LogP contribution in [0.15, 0.2) is 30.3 Å². The SMILES string of the molecule is CC1(CO)CC(NC(=O)OOCc2ccccc2)CN(C(=O)OC(C)(C)C)C1. The van der Waals surface area contributed by atoms with Gasteiger partial charge in [0.2, 0.25) is 0 Å². The molecule has 2 rings (SSSR count). The van der Waals surface area contributed by atoms with Crippen LogP contribution in [0.5, 0.6) is 0 Å². The first-order valence-corrected chi connectivity index (χ1v) is 9.33. The van der Waals surface area contributed by atoms with Gasteiger partial charge in [-0.1, -0.05) is 37.3 Å². The molecular weight excluding hydrogens is 364 g/mol. The van der Waals surface area contributed by atoms with Gasteiger partial charge in [0, 0.05) is 18.5 Å². The topological polar surface area (TPSA) is 97.3 Å². The summed E-state index contributed by atoms with van der Waals surface area (Å²) in [4.78, 5) is 35.7. The van der Waals surface area contributed by atoms with E-state index < -0.39 is 29.2 Å². The van der Waals surface area contributed by atoms with Crippen molar-refractivity contribution < 1.29 is 29.2 Å². The van der Waals surface area contributed by atoms with Crippen LogP contribution in [0.2, 0.25) is 0 Å². The van der Waals surface area contributed by atoms with Crippen molar-refractivity contribution in [2.45, 2.75) is 52.4 Å². The largest absolute Gasteiger partial charge is 0.444 e. The van der Waals surface area contributed by atoms with Crippen molar-refractivity contribution in [1.29, 1.82) is 0 Å². The third-order valence-electron chi connectivity index (χ3n) is 4.31. The third-order valence-corrected chi connectivity index (χ3v) is 4.31. The van der Waals surface area contributed by atoms with Crippen LogP contribution >= 0.6 is 0 Å². The lowest BCUT2D eigenvalue weighted by Crippen LogP contribution is -2.57. The zero-order valence-electron chi connectivity index (χ0n) is 16.9. The van der Waals surface area contributed by atoms with E-state index in [2.05, 4.69) is 5.32 Å². The van der Waals surface area contributed by atoms with Gasteiger partial charge in [-0.15, -0.1) is 0 Å². The lowest BCUT2D eigenvalue weighted by molar-refractivity contribution is -0.249. The zero-order valence-corrected chi connectivity index (χ0v) is 16.9. The number of benzene rings is 1. The zero-order chi connectivity index (χ0) is 20.8. The fourth-order valence-electron chi connectivity index (χ4n) is 3.11. The van der Waals surface area contributed by atoms with E-state index in [1.807, 2.05) is 37.3 Å². The molecule has 1 aromatic rings. The Morgan fingerprint density at radius 3 is 2.57 bits per heavy atom. The molecule has 8 nitrogen and oxygen atoms in total. The molecule has 0 radical (unpaired) electrons. The van der Waals surface area contributed by atoms with E-state index in [-0.39, 0.29) is 19.8 Å². The average molecular weight is 394 g/mol. The molecular formula is C20H30N2O6. The highest BCUT2D eigenvalue weighted by Crippen LogP contribution is 2.30. The van der Waals surface area contributed by atoms with E-state index in [0.29, 0.717) is 13.0 Å². The number of likely N-dealkylation sites (tertiary alicyclic amines) is 1. The number of carbonyl (C=O) groups excluding carboxylic acids is 2. The summed E-state index contributed by atoms with van der Waals surface area (Å²) in [5, 5.41) is 12.4. The molecule has 1 saturated heterocycles. The van der Waals surface area contributed by atoms with E-state index in [1.165, 1.54) is 4.90 Å². The van der Waals surface area contributed by atoms with Gasteiger partial charge in [-0.05, 0) is 32.8 Å². The molecule has 0 aromatic heterocycles. The minimum absolute atomic E-state index is 0.121.